The summed E-state index contributed by atoms with van der Waals surface area (Å²) in [5, 5.41) is 17.2. The monoisotopic (exact) mass is 450 g/mol. The van der Waals surface area contributed by atoms with Gasteiger partial charge in [0.05, 0.1) is 18.1 Å². The van der Waals surface area contributed by atoms with Crippen LogP contribution in [0.3, 0.4) is 0 Å². The van der Waals surface area contributed by atoms with E-state index < -0.39 is 0 Å². The molecule has 0 radical (unpaired) electrons. The first kappa shape index (κ1) is 20.6. The Hall–Kier alpha value is -4.01. The van der Waals surface area contributed by atoms with Crippen molar-refractivity contribution in [3.05, 3.63) is 84.8 Å². The van der Waals surface area contributed by atoms with E-state index in [-0.39, 0.29) is 0 Å². The second-order valence-corrected chi connectivity index (χ2v) is 8.57. The zero-order valence-corrected chi connectivity index (χ0v) is 18.8. The van der Waals surface area contributed by atoms with Crippen LogP contribution in [0.25, 0.3) is 28.0 Å². The molecule has 0 amide bonds. The van der Waals surface area contributed by atoms with Gasteiger partial charge in [0.2, 0.25) is 0 Å². The molecule has 1 fully saturated rings. The van der Waals surface area contributed by atoms with Crippen molar-refractivity contribution < 1.29 is 0 Å². The van der Waals surface area contributed by atoms with Gasteiger partial charge in [-0.2, -0.15) is 10.3 Å². The summed E-state index contributed by atoms with van der Waals surface area (Å²) in [5.41, 5.74) is 7.71. The van der Waals surface area contributed by atoms with Crippen LogP contribution in [-0.2, 0) is 6.54 Å². The second-order valence-electron chi connectivity index (χ2n) is 8.57. The highest BCUT2D eigenvalue weighted by Gasteiger charge is 2.11. The molecule has 0 unspecified atom stereocenters. The summed E-state index contributed by atoms with van der Waals surface area (Å²) in [6.45, 7) is 5.38. The van der Waals surface area contributed by atoms with Crippen molar-refractivity contribution >= 4 is 17.2 Å². The first-order chi connectivity index (χ1) is 16.8. The van der Waals surface area contributed by atoms with Gasteiger partial charge in [-0.05, 0) is 41.0 Å². The highest BCUT2D eigenvalue weighted by atomic mass is 15.3. The minimum atomic E-state index is 0.680. The molecule has 1 aliphatic rings. The van der Waals surface area contributed by atoms with Gasteiger partial charge in [-0.1, -0.05) is 36.4 Å². The molecule has 8 nitrogen and oxygen atoms in total. The van der Waals surface area contributed by atoms with Gasteiger partial charge in [0.15, 0.2) is 5.82 Å². The lowest BCUT2D eigenvalue weighted by molar-refractivity contribution is 0.233. The molecular formula is C26H26N8. The van der Waals surface area contributed by atoms with Crippen molar-refractivity contribution in [1.29, 1.82) is 0 Å². The number of nitrogens with zero attached hydrogens (tertiary/aromatic N) is 5. The molecule has 4 heterocycles. The van der Waals surface area contributed by atoms with E-state index in [1.165, 1.54) is 16.7 Å². The number of aromatic nitrogens is 5. The molecule has 0 atom stereocenters. The molecule has 8 heteroatoms. The SMILES string of the molecule is c1cc(Nc2cn[nH]n2)cc(-c2cnc3cc(-c4ccc(CN5CCNCC5)cc4)ccn23)c1. The van der Waals surface area contributed by atoms with Gasteiger partial charge in [0.25, 0.3) is 0 Å². The molecule has 0 spiro atoms. The molecule has 1 saturated heterocycles. The summed E-state index contributed by atoms with van der Waals surface area (Å²) < 4.78 is 2.12. The van der Waals surface area contributed by atoms with E-state index in [2.05, 4.69) is 95.1 Å². The maximum Gasteiger partial charge on any atom is 0.172 e. The van der Waals surface area contributed by atoms with Gasteiger partial charge in [-0.25, -0.2) is 4.98 Å². The highest BCUT2D eigenvalue weighted by molar-refractivity contribution is 5.73. The molecule has 2 aromatic carbocycles. The molecule has 0 aliphatic carbocycles. The van der Waals surface area contributed by atoms with E-state index in [0.29, 0.717) is 5.82 Å². The van der Waals surface area contributed by atoms with Crippen molar-refractivity contribution in [2.75, 3.05) is 31.5 Å². The molecule has 6 rings (SSSR count). The highest BCUT2D eigenvalue weighted by Crippen LogP contribution is 2.27. The Bertz CT molecular complexity index is 1380. The van der Waals surface area contributed by atoms with Crippen molar-refractivity contribution in [2.24, 2.45) is 0 Å². The van der Waals surface area contributed by atoms with Crippen LogP contribution in [0.2, 0.25) is 0 Å². The number of aromatic amines is 1. The standard InChI is InChI=1S/C26H26N8/c1-2-22(14-23(3-1)30-25-17-29-32-31-25)24-16-28-26-15-21(8-11-34(24)26)20-6-4-19(5-7-20)18-33-12-9-27-10-13-33/h1-8,11,14-17,27H,9-10,12-13,18H2,(H2,29,30,31,32). The van der Waals surface area contributed by atoms with Gasteiger partial charge in [0, 0.05) is 50.2 Å². The molecule has 170 valence electrons. The largest absolute Gasteiger partial charge is 0.337 e. The van der Waals surface area contributed by atoms with E-state index in [9.17, 15) is 0 Å². The van der Waals surface area contributed by atoms with Crippen LogP contribution in [0.5, 0.6) is 0 Å². The fraction of sp³-hybridized carbons (Fsp3) is 0.192. The van der Waals surface area contributed by atoms with Gasteiger partial charge in [-0.3, -0.25) is 9.30 Å². The first-order valence-corrected chi connectivity index (χ1v) is 11.5. The molecular weight excluding hydrogens is 424 g/mol. The second kappa shape index (κ2) is 9.09. The van der Waals surface area contributed by atoms with Crippen molar-refractivity contribution in [3.8, 4) is 22.4 Å². The Labute approximate surface area is 197 Å². The summed E-state index contributed by atoms with van der Waals surface area (Å²) in [6.07, 6.45) is 5.67. The quantitative estimate of drug-likeness (QED) is 0.363. The summed E-state index contributed by atoms with van der Waals surface area (Å²) in [6, 6.07) is 21.4. The van der Waals surface area contributed by atoms with E-state index in [1.54, 1.807) is 6.20 Å². The van der Waals surface area contributed by atoms with Crippen molar-refractivity contribution in [3.63, 3.8) is 0 Å². The maximum atomic E-state index is 4.68. The average Bonchev–Trinajstić information content (AvgIpc) is 3.55. The third-order valence-electron chi connectivity index (χ3n) is 6.26. The lowest BCUT2D eigenvalue weighted by atomic mass is 10.0. The molecule has 0 bridgehead atoms. The zero-order chi connectivity index (χ0) is 22.7. The van der Waals surface area contributed by atoms with Crippen LogP contribution < -0.4 is 10.6 Å². The predicted octanol–water partition coefficient (Wildman–Crippen LogP) is 3.94. The molecule has 34 heavy (non-hydrogen) atoms. The number of pyridine rings is 1. The molecule has 5 aromatic rings. The Morgan fingerprint density at radius 1 is 0.882 bits per heavy atom. The predicted molar refractivity (Wildman–Crippen MR) is 134 cm³/mol. The lowest BCUT2D eigenvalue weighted by Gasteiger charge is -2.27. The molecule has 0 saturated carbocycles. The summed E-state index contributed by atoms with van der Waals surface area (Å²) in [7, 11) is 0. The number of piperazine rings is 1. The molecule has 3 aromatic heterocycles. The number of benzene rings is 2. The van der Waals surface area contributed by atoms with Crippen molar-refractivity contribution in [1.82, 2.24) is 35.0 Å². The molecule has 1 aliphatic heterocycles. The van der Waals surface area contributed by atoms with Gasteiger partial charge in [-0.15, -0.1) is 5.10 Å². The van der Waals surface area contributed by atoms with Crippen LogP contribution in [-0.4, -0.2) is 55.9 Å². The number of H-pyrrole nitrogens is 1. The third kappa shape index (κ3) is 4.28. The topological polar surface area (TPSA) is 86.2 Å². The summed E-state index contributed by atoms with van der Waals surface area (Å²) in [4.78, 5) is 7.18. The van der Waals surface area contributed by atoms with E-state index in [1.807, 2.05) is 18.3 Å². The number of hydrogen-bond acceptors (Lipinski definition) is 6. The number of anilines is 2. The number of fused-ring (bicyclic) bond motifs is 1. The van der Waals surface area contributed by atoms with Crippen molar-refractivity contribution in [2.45, 2.75) is 6.54 Å². The number of imidazole rings is 1. The average molecular weight is 451 g/mol. The van der Waals surface area contributed by atoms with Gasteiger partial charge in [0.1, 0.15) is 5.65 Å². The van der Waals surface area contributed by atoms with Crippen LogP contribution in [0.1, 0.15) is 5.56 Å². The van der Waals surface area contributed by atoms with Gasteiger partial charge >= 0.3 is 0 Å². The third-order valence-corrected chi connectivity index (χ3v) is 6.26. The normalized spacial score (nSPS) is 14.5. The lowest BCUT2D eigenvalue weighted by Crippen LogP contribution is -2.42. The summed E-state index contributed by atoms with van der Waals surface area (Å²) in [5.74, 6) is 0.680. The first-order valence-electron chi connectivity index (χ1n) is 11.5. The maximum absolute atomic E-state index is 4.68. The Kier molecular flexibility index (Phi) is 5.50. The summed E-state index contributed by atoms with van der Waals surface area (Å²) >= 11 is 0. The molecule has 3 N–H and O–H groups in total. The zero-order valence-electron chi connectivity index (χ0n) is 18.8. The smallest absolute Gasteiger partial charge is 0.172 e. The minimum absolute atomic E-state index is 0.680. The van der Waals surface area contributed by atoms with Crippen LogP contribution >= 0.6 is 0 Å². The Morgan fingerprint density at radius 3 is 2.59 bits per heavy atom. The van der Waals surface area contributed by atoms with Crippen LogP contribution in [0, 0.1) is 0 Å². The van der Waals surface area contributed by atoms with Crippen LogP contribution in [0.15, 0.2) is 79.3 Å². The van der Waals surface area contributed by atoms with E-state index in [0.717, 1.165) is 55.3 Å². The van der Waals surface area contributed by atoms with E-state index in [4.69, 9.17) is 0 Å². The Balaban J connectivity index is 1.22. The number of hydrogen-bond donors (Lipinski definition) is 3. The Morgan fingerprint density at radius 2 is 1.76 bits per heavy atom. The minimum Gasteiger partial charge on any atom is -0.337 e. The fourth-order valence-electron chi connectivity index (χ4n) is 4.47. The van der Waals surface area contributed by atoms with Gasteiger partial charge < -0.3 is 10.6 Å². The fourth-order valence-corrected chi connectivity index (χ4v) is 4.47. The number of nitrogens with one attached hydrogen (secondary N) is 3. The van der Waals surface area contributed by atoms with E-state index >= 15 is 0 Å². The van der Waals surface area contributed by atoms with Crippen LogP contribution in [0.4, 0.5) is 11.5 Å². The number of rotatable bonds is 6.